The molecule has 1 aromatic heterocycles. The minimum absolute atomic E-state index is 0.0527. The molecule has 188 valence electrons. The lowest BCUT2D eigenvalue weighted by Gasteiger charge is -2.13. The highest BCUT2D eigenvalue weighted by molar-refractivity contribution is 5.79. The van der Waals surface area contributed by atoms with Gasteiger partial charge in [0.2, 0.25) is 5.91 Å². The van der Waals surface area contributed by atoms with E-state index in [1.165, 1.54) is 5.56 Å². The van der Waals surface area contributed by atoms with Crippen molar-refractivity contribution in [3.8, 4) is 17.2 Å². The number of carbonyl (C=O) groups excluding carboxylic acids is 1. The first-order valence-electron chi connectivity index (χ1n) is 12.1. The number of aryl methyl sites for hydroxylation is 2. The number of carbonyl (C=O) groups is 1. The monoisotopic (exact) mass is 487 g/mol. The lowest BCUT2D eigenvalue weighted by atomic mass is 10.1. The van der Waals surface area contributed by atoms with E-state index in [-0.39, 0.29) is 12.3 Å². The van der Waals surface area contributed by atoms with Crippen LogP contribution in [0, 0.1) is 13.8 Å². The van der Waals surface area contributed by atoms with Gasteiger partial charge in [0.15, 0.2) is 11.5 Å². The van der Waals surface area contributed by atoms with Crippen LogP contribution in [-0.4, -0.2) is 42.8 Å². The molecule has 0 atom stereocenters. The number of hydrogen-bond donors (Lipinski definition) is 1. The van der Waals surface area contributed by atoms with Gasteiger partial charge in [-0.2, -0.15) is 0 Å². The number of methoxy groups -OCH3 is 2. The van der Waals surface area contributed by atoms with Gasteiger partial charge in [-0.05, 0) is 55.3 Å². The van der Waals surface area contributed by atoms with E-state index >= 15 is 0 Å². The van der Waals surface area contributed by atoms with E-state index in [2.05, 4.69) is 41.9 Å². The molecule has 3 aromatic carbocycles. The van der Waals surface area contributed by atoms with Gasteiger partial charge in [-0.15, -0.1) is 0 Å². The molecule has 1 amide bonds. The summed E-state index contributed by atoms with van der Waals surface area (Å²) in [6.45, 7) is 5.83. The minimum Gasteiger partial charge on any atom is -0.493 e. The van der Waals surface area contributed by atoms with Gasteiger partial charge in [0, 0.05) is 13.0 Å². The molecule has 0 unspecified atom stereocenters. The fraction of sp³-hybridized carbons (Fsp3) is 0.310. The van der Waals surface area contributed by atoms with Crippen molar-refractivity contribution < 1.29 is 19.0 Å². The highest BCUT2D eigenvalue weighted by atomic mass is 16.5. The molecule has 4 aromatic rings. The van der Waals surface area contributed by atoms with Crippen molar-refractivity contribution in [2.24, 2.45) is 0 Å². The van der Waals surface area contributed by atoms with E-state index in [4.69, 9.17) is 19.2 Å². The summed E-state index contributed by atoms with van der Waals surface area (Å²) in [7, 11) is 3.17. The molecule has 4 rings (SSSR count). The normalized spacial score (nSPS) is 10.9. The van der Waals surface area contributed by atoms with Crippen molar-refractivity contribution in [2.75, 3.05) is 27.4 Å². The number of nitrogens with one attached hydrogen (secondary N) is 1. The second kappa shape index (κ2) is 11.6. The zero-order valence-electron chi connectivity index (χ0n) is 21.3. The third kappa shape index (κ3) is 5.97. The van der Waals surface area contributed by atoms with Gasteiger partial charge in [-0.1, -0.05) is 35.9 Å². The average molecular weight is 488 g/mol. The summed E-state index contributed by atoms with van der Waals surface area (Å²) >= 11 is 0. The molecule has 1 heterocycles. The Morgan fingerprint density at radius 2 is 1.72 bits per heavy atom. The Morgan fingerprint density at radius 1 is 0.944 bits per heavy atom. The second-order valence-corrected chi connectivity index (χ2v) is 8.75. The highest BCUT2D eigenvalue weighted by Crippen LogP contribution is 2.27. The Kier molecular flexibility index (Phi) is 8.10. The van der Waals surface area contributed by atoms with Crippen molar-refractivity contribution in [1.82, 2.24) is 14.9 Å². The summed E-state index contributed by atoms with van der Waals surface area (Å²) < 4.78 is 18.9. The van der Waals surface area contributed by atoms with Crippen LogP contribution in [0.2, 0.25) is 0 Å². The number of imidazole rings is 1. The third-order valence-corrected chi connectivity index (χ3v) is 6.12. The van der Waals surface area contributed by atoms with E-state index < -0.39 is 0 Å². The Hall–Kier alpha value is -4.00. The Balaban J connectivity index is 1.37. The fourth-order valence-corrected chi connectivity index (χ4v) is 4.33. The van der Waals surface area contributed by atoms with Crippen molar-refractivity contribution >= 4 is 16.9 Å². The minimum atomic E-state index is -0.0527. The number of amides is 1. The molecule has 0 spiro atoms. The molecule has 0 bridgehead atoms. The maximum Gasteiger partial charge on any atom is 0.224 e. The molecular formula is C29H33N3O4. The fourth-order valence-electron chi connectivity index (χ4n) is 4.33. The average Bonchev–Trinajstić information content (AvgIpc) is 3.22. The standard InChI is InChI=1S/C29H33N3O4/c1-20-9-11-25(21(2)17-20)36-16-15-32-24-8-6-5-7-23(24)31-28(32)13-14-30-29(33)19-22-10-12-26(34-3)27(18-22)35-4/h5-12,17-18H,13-16,19H2,1-4H3,(H,30,33). The number of rotatable bonds is 11. The number of hydrogen-bond acceptors (Lipinski definition) is 5. The molecule has 0 aliphatic rings. The SMILES string of the molecule is COc1ccc(CC(=O)NCCc2nc3ccccc3n2CCOc2ccc(C)cc2C)cc1OC. The number of ether oxygens (including phenoxy) is 3. The number of nitrogens with zero attached hydrogens (tertiary/aromatic N) is 2. The van der Waals surface area contributed by atoms with Crippen LogP contribution in [0.5, 0.6) is 17.2 Å². The summed E-state index contributed by atoms with van der Waals surface area (Å²) in [6.07, 6.45) is 0.885. The summed E-state index contributed by atoms with van der Waals surface area (Å²) in [5.41, 5.74) is 5.21. The quantitative estimate of drug-likeness (QED) is 0.333. The van der Waals surface area contributed by atoms with Crippen LogP contribution in [0.3, 0.4) is 0 Å². The van der Waals surface area contributed by atoms with E-state index in [9.17, 15) is 4.79 Å². The van der Waals surface area contributed by atoms with Gasteiger partial charge in [0.25, 0.3) is 0 Å². The van der Waals surface area contributed by atoms with Gasteiger partial charge >= 0.3 is 0 Å². The van der Waals surface area contributed by atoms with Crippen LogP contribution in [-0.2, 0) is 24.2 Å². The van der Waals surface area contributed by atoms with E-state index in [0.717, 1.165) is 33.7 Å². The zero-order valence-corrected chi connectivity index (χ0v) is 21.3. The number of aromatic nitrogens is 2. The smallest absolute Gasteiger partial charge is 0.224 e. The van der Waals surface area contributed by atoms with Gasteiger partial charge < -0.3 is 24.1 Å². The largest absolute Gasteiger partial charge is 0.493 e. The van der Waals surface area contributed by atoms with Crippen LogP contribution >= 0.6 is 0 Å². The first-order chi connectivity index (χ1) is 17.5. The van der Waals surface area contributed by atoms with E-state index in [1.54, 1.807) is 14.2 Å². The summed E-state index contributed by atoms with van der Waals surface area (Å²) in [4.78, 5) is 17.4. The maximum atomic E-state index is 12.6. The predicted molar refractivity (Wildman–Crippen MR) is 141 cm³/mol. The van der Waals surface area contributed by atoms with Crippen molar-refractivity contribution in [2.45, 2.75) is 33.2 Å². The molecule has 0 saturated carbocycles. The lowest BCUT2D eigenvalue weighted by molar-refractivity contribution is -0.120. The van der Waals surface area contributed by atoms with E-state index in [1.807, 2.05) is 42.5 Å². The molecule has 0 radical (unpaired) electrons. The molecule has 1 N–H and O–H groups in total. The first kappa shape index (κ1) is 25.1. The molecular weight excluding hydrogens is 454 g/mol. The summed E-state index contributed by atoms with van der Waals surface area (Å²) in [5, 5.41) is 3.02. The Labute approximate surface area is 212 Å². The van der Waals surface area contributed by atoms with Gasteiger partial charge in [-0.3, -0.25) is 4.79 Å². The van der Waals surface area contributed by atoms with Crippen molar-refractivity contribution in [1.29, 1.82) is 0 Å². The van der Waals surface area contributed by atoms with Crippen molar-refractivity contribution in [3.63, 3.8) is 0 Å². The molecule has 7 heteroatoms. The molecule has 0 aliphatic carbocycles. The molecule has 0 aliphatic heterocycles. The van der Waals surface area contributed by atoms with Crippen LogP contribution in [0.25, 0.3) is 11.0 Å². The van der Waals surface area contributed by atoms with Gasteiger partial charge in [0.1, 0.15) is 18.2 Å². The highest BCUT2D eigenvalue weighted by Gasteiger charge is 2.12. The second-order valence-electron chi connectivity index (χ2n) is 8.75. The number of fused-ring (bicyclic) bond motifs is 1. The number of benzene rings is 3. The predicted octanol–water partition coefficient (Wildman–Crippen LogP) is 4.65. The summed E-state index contributed by atoms with van der Waals surface area (Å²) in [5.74, 6) is 3.02. The van der Waals surface area contributed by atoms with Crippen LogP contribution in [0.15, 0.2) is 60.7 Å². The maximum absolute atomic E-state index is 12.6. The van der Waals surface area contributed by atoms with Crippen LogP contribution in [0.1, 0.15) is 22.5 Å². The topological polar surface area (TPSA) is 74.6 Å². The molecule has 0 fully saturated rings. The zero-order chi connectivity index (χ0) is 25.5. The molecule has 36 heavy (non-hydrogen) atoms. The van der Waals surface area contributed by atoms with Gasteiger partial charge in [-0.25, -0.2) is 4.98 Å². The van der Waals surface area contributed by atoms with E-state index in [0.29, 0.717) is 37.6 Å². The van der Waals surface area contributed by atoms with Gasteiger partial charge in [0.05, 0.1) is 38.2 Å². The first-order valence-corrected chi connectivity index (χ1v) is 12.1. The lowest BCUT2D eigenvalue weighted by Crippen LogP contribution is -2.28. The number of para-hydroxylation sites is 2. The Morgan fingerprint density at radius 3 is 2.50 bits per heavy atom. The summed E-state index contributed by atoms with van der Waals surface area (Å²) in [6, 6.07) is 19.8. The van der Waals surface area contributed by atoms with Crippen LogP contribution in [0.4, 0.5) is 0 Å². The van der Waals surface area contributed by atoms with Crippen LogP contribution < -0.4 is 19.5 Å². The Bertz CT molecular complexity index is 1350. The van der Waals surface area contributed by atoms with Crippen molar-refractivity contribution in [3.05, 3.63) is 83.2 Å². The molecule has 7 nitrogen and oxygen atoms in total. The molecule has 0 saturated heterocycles. The third-order valence-electron chi connectivity index (χ3n) is 6.12.